The number of aromatic nitrogens is 2. The van der Waals surface area contributed by atoms with Crippen LogP contribution in [0.15, 0.2) is 77.8 Å². The number of carbonyl (C=O) groups is 4. The van der Waals surface area contributed by atoms with Crippen LogP contribution in [0.25, 0.3) is 0 Å². The van der Waals surface area contributed by atoms with Crippen molar-refractivity contribution < 1.29 is 37.4 Å². The predicted octanol–water partition coefficient (Wildman–Crippen LogP) is 8.13. The molecule has 1 fully saturated rings. The van der Waals surface area contributed by atoms with Crippen molar-refractivity contribution in [3.05, 3.63) is 94.6 Å². The number of hydrogen-bond donors (Lipinski definition) is 7. The third-order valence-corrected chi connectivity index (χ3v) is 16.7. The Hall–Kier alpha value is -5.86. The molecule has 0 aliphatic carbocycles. The van der Waals surface area contributed by atoms with E-state index in [1.165, 1.54) is 6.20 Å². The summed E-state index contributed by atoms with van der Waals surface area (Å²) in [5.74, 6) is 0.106. The van der Waals surface area contributed by atoms with Gasteiger partial charge in [-0.25, -0.2) is 13.4 Å². The number of ether oxygens (including phenoxy) is 1. The van der Waals surface area contributed by atoms with Gasteiger partial charge in [-0.15, -0.1) is 0 Å². The number of anilines is 4. The largest absolute Gasteiger partial charge is 0.495 e. The molecule has 1 aliphatic heterocycles. The summed E-state index contributed by atoms with van der Waals surface area (Å²) in [6.07, 6.45) is 7.17. The second-order valence-corrected chi connectivity index (χ2v) is 24.3. The SMILES string of the molecule is CC[C@@H](NC(=O)[C@@H]1C[C@H](NC(O)CCCCCCCC(=O)N(C)CCc2cc(OC)c(Nc3ncc(Cl)c(Nc4ccccc4S(=O)(=O)C(C)C)n3)cc2C)CN1C(=O)[C@@H](NC(=O)[C@H](C)NC)C(C)(C)C)c1ccccc1. The molecule has 0 spiro atoms. The van der Waals surface area contributed by atoms with Crippen molar-refractivity contribution in [3.8, 4) is 5.75 Å². The van der Waals surface area contributed by atoms with Crippen LogP contribution in [0.3, 0.4) is 0 Å². The molecule has 2 heterocycles. The number of aliphatic hydroxyl groups is 1. The highest BCUT2D eigenvalue weighted by Crippen LogP contribution is 2.34. The van der Waals surface area contributed by atoms with Crippen LogP contribution in [0.4, 0.5) is 23.1 Å². The van der Waals surface area contributed by atoms with E-state index >= 15 is 0 Å². The number of hydrogen-bond acceptors (Lipinski definition) is 14. The fourth-order valence-electron chi connectivity index (χ4n) is 9.24. The molecule has 4 amide bonds. The van der Waals surface area contributed by atoms with Gasteiger partial charge < -0.3 is 46.2 Å². The van der Waals surface area contributed by atoms with Crippen molar-refractivity contribution in [1.82, 2.24) is 41.0 Å². The number of likely N-dealkylation sites (N-methyl/N-ethyl adjacent to an activating group) is 2. The maximum absolute atomic E-state index is 14.4. The zero-order chi connectivity index (χ0) is 56.6. The summed E-state index contributed by atoms with van der Waals surface area (Å²) < 4.78 is 31.9. The standard InChI is InChI=1S/C57H83ClN10O8S/c1-12-43(39-23-17-16-18-24-39)63-54(72)46-33-41(35-68(46)55(73)51(57(6,7)8)65-53(71)38(5)59-9)61-49(69)27-19-14-13-15-20-28-50(70)67(10)30-29-40-32-47(76-11)45(31-37(40)4)64-56-60-34-42(58)52(66-56)62-44-25-21-22-26-48(44)77(74,75)36(2)3/h16-18,21-26,31-32,34,36,38,41,43,46,49,51,59,61,69H,12-15,19-20,27-30,33,35H2,1-11H3,(H,63,72)(H,65,71)(H2,60,62,64,66)/t38-,41-,43+,46-,49?,51+/m0/s1. The van der Waals surface area contributed by atoms with Crippen LogP contribution in [0, 0.1) is 12.3 Å². The Morgan fingerprint density at radius 3 is 2.27 bits per heavy atom. The zero-order valence-electron chi connectivity index (χ0n) is 46.8. The van der Waals surface area contributed by atoms with Gasteiger partial charge in [-0.05, 0) is 120 Å². The van der Waals surface area contributed by atoms with Gasteiger partial charge in [0.15, 0.2) is 15.7 Å². The number of benzene rings is 3. The third kappa shape index (κ3) is 17.3. The average Bonchev–Trinajstić information content (AvgIpc) is 3.84. The van der Waals surface area contributed by atoms with E-state index < -0.39 is 44.9 Å². The smallest absolute Gasteiger partial charge is 0.246 e. The van der Waals surface area contributed by atoms with E-state index in [1.807, 2.05) is 84.1 Å². The Balaban J connectivity index is 1.08. The molecule has 1 unspecified atom stereocenters. The van der Waals surface area contributed by atoms with E-state index in [2.05, 4.69) is 41.9 Å². The zero-order valence-corrected chi connectivity index (χ0v) is 48.4. The van der Waals surface area contributed by atoms with Crippen LogP contribution >= 0.6 is 11.6 Å². The lowest BCUT2D eigenvalue weighted by Crippen LogP contribution is -2.59. The van der Waals surface area contributed by atoms with E-state index in [4.69, 9.17) is 16.3 Å². The van der Waals surface area contributed by atoms with Crippen molar-refractivity contribution in [3.63, 3.8) is 0 Å². The monoisotopic (exact) mass is 1100 g/mol. The molecular weight excluding hydrogens is 1020 g/mol. The summed E-state index contributed by atoms with van der Waals surface area (Å²) in [4.78, 5) is 67.1. The molecule has 1 aromatic heterocycles. The first-order valence-electron chi connectivity index (χ1n) is 26.9. The van der Waals surface area contributed by atoms with Gasteiger partial charge in [-0.1, -0.05) is 101 Å². The number of amides is 4. The number of para-hydroxylation sites is 1. The second-order valence-electron chi connectivity index (χ2n) is 21.4. The summed E-state index contributed by atoms with van der Waals surface area (Å²) in [7, 11) is 1.46. The molecule has 0 bridgehead atoms. The molecule has 422 valence electrons. The molecule has 0 saturated carbocycles. The Bertz CT molecular complexity index is 2730. The maximum Gasteiger partial charge on any atom is 0.246 e. The maximum atomic E-state index is 14.4. The molecule has 3 aromatic carbocycles. The number of likely N-dealkylation sites (tertiary alicyclic amines) is 1. The van der Waals surface area contributed by atoms with Crippen molar-refractivity contribution in [2.75, 3.05) is 44.9 Å². The highest BCUT2D eigenvalue weighted by Gasteiger charge is 2.45. The van der Waals surface area contributed by atoms with Crippen LogP contribution < -0.4 is 36.6 Å². The van der Waals surface area contributed by atoms with E-state index in [9.17, 15) is 32.7 Å². The van der Waals surface area contributed by atoms with Gasteiger partial charge in [0.05, 0.1) is 46.9 Å². The summed E-state index contributed by atoms with van der Waals surface area (Å²) in [6.45, 7) is 15.3. The van der Waals surface area contributed by atoms with E-state index in [1.54, 1.807) is 69.0 Å². The Morgan fingerprint density at radius 1 is 0.935 bits per heavy atom. The number of carbonyl (C=O) groups excluding carboxylic acids is 4. The van der Waals surface area contributed by atoms with Crippen molar-refractivity contribution in [2.45, 2.75) is 166 Å². The molecule has 18 nitrogen and oxygen atoms in total. The predicted molar refractivity (Wildman–Crippen MR) is 304 cm³/mol. The van der Waals surface area contributed by atoms with E-state index in [0.717, 1.165) is 48.8 Å². The first-order valence-corrected chi connectivity index (χ1v) is 28.8. The fourth-order valence-corrected chi connectivity index (χ4v) is 10.6. The van der Waals surface area contributed by atoms with Gasteiger partial charge in [-0.3, -0.25) is 24.5 Å². The van der Waals surface area contributed by atoms with Gasteiger partial charge >= 0.3 is 0 Å². The quantitative estimate of drug-likeness (QED) is 0.0210. The van der Waals surface area contributed by atoms with Gasteiger partial charge in [-0.2, -0.15) is 4.98 Å². The number of aryl methyl sites for hydroxylation is 1. The van der Waals surface area contributed by atoms with E-state index in [-0.39, 0.29) is 63.9 Å². The summed E-state index contributed by atoms with van der Waals surface area (Å²) in [5, 5.41) is 29.3. The van der Waals surface area contributed by atoms with Gasteiger partial charge in [0.1, 0.15) is 29.1 Å². The topological polar surface area (TPSA) is 236 Å². The third-order valence-electron chi connectivity index (χ3n) is 14.2. The Labute approximate surface area is 461 Å². The number of nitrogens with zero attached hydrogens (tertiary/aromatic N) is 4. The van der Waals surface area contributed by atoms with Crippen molar-refractivity contribution in [2.24, 2.45) is 5.41 Å². The summed E-state index contributed by atoms with van der Waals surface area (Å²) in [5.41, 5.74) is 3.25. The second kappa shape index (κ2) is 28.7. The fraction of sp³-hybridized carbons (Fsp3) is 0.544. The van der Waals surface area contributed by atoms with Crippen LogP contribution in [0.2, 0.25) is 5.02 Å². The number of nitrogens with one attached hydrogen (secondary N) is 6. The molecule has 0 radical (unpaired) electrons. The lowest BCUT2D eigenvalue weighted by Gasteiger charge is -2.36. The van der Waals surface area contributed by atoms with Crippen molar-refractivity contribution in [1.29, 1.82) is 0 Å². The van der Waals surface area contributed by atoms with Crippen LogP contribution in [-0.4, -0.2) is 127 Å². The normalized spacial score (nSPS) is 16.3. The minimum atomic E-state index is -3.60. The molecule has 1 aliphatic rings. The molecular formula is C57H83ClN10O8S. The van der Waals surface area contributed by atoms with Gasteiger partial charge in [0.2, 0.25) is 29.6 Å². The number of sulfone groups is 1. The molecule has 6 atom stereocenters. The first-order chi connectivity index (χ1) is 36.5. The summed E-state index contributed by atoms with van der Waals surface area (Å²) >= 11 is 6.47. The number of halogens is 1. The number of unbranched alkanes of at least 4 members (excludes halogenated alkanes) is 4. The average molecular weight is 1100 g/mol. The lowest BCUT2D eigenvalue weighted by molar-refractivity contribution is -0.144. The minimum Gasteiger partial charge on any atom is -0.495 e. The summed E-state index contributed by atoms with van der Waals surface area (Å²) in [6, 6.07) is 17.3. The minimum absolute atomic E-state index is 0.0614. The number of aliphatic hydroxyl groups excluding tert-OH is 1. The molecule has 7 N–H and O–H groups in total. The van der Waals surface area contributed by atoms with E-state index in [0.29, 0.717) is 55.8 Å². The highest BCUT2D eigenvalue weighted by atomic mass is 35.5. The van der Waals surface area contributed by atoms with Gasteiger partial charge in [0, 0.05) is 32.6 Å². The van der Waals surface area contributed by atoms with Crippen LogP contribution in [0.5, 0.6) is 5.75 Å². The molecule has 4 aromatic rings. The Morgan fingerprint density at radius 2 is 1.61 bits per heavy atom. The molecule has 5 rings (SSSR count). The lowest BCUT2D eigenvalue weighted by atomic mass is 9.85. The van der Waals surface area contributed by atoms with Crippen molar-refractivity contribution >= 4 is 68.2 Å². The van der Waals surface area contributed by atoms with Gasteiger partial charge in [0.25, 0.3) is 0 Å². The first kappa shape index (κ1) is 62.0. The number of methoxy groups -OCH3 is 1. The molecule has 1 saturated heterocycles. The Kier molecular flexibility index (Phi) is 23.1. The molecule has 77 heavy (non-hydrogen) atoms. The highest BCUT2D eigenvalue weighted by molar-refractivity contribution is 7.92. The number of rotatable bonds is 28. The van der Waals surface area contributed by atoms with Crippen LogP contribution in [-0.2, 0) is 35.4 Å². The molecule has 20 heteroatoms. The van der Waals surface area contributed by atoms with Crippen LogP contribution in [0.1, 0.15) is 129 Å².